The number of hydrogen-bond acceptors (Lipinski definition) is 4. The first-order chi connectivity index (χ1) is 26.1. The number of benzene rings is 6. The van der Waals surface area contributed by atoms with E-state index in [2.05, 4.69) is 153 Å². The predicted octanol–water partition coefficient (Wildman–Crippen LogP) is 13.1. The highest BCUT2D eigenvalue weighted by molar-refractivity contribution is 6.16. The third-order valence-electron chi connectivity index (χ3n) is 10.2. The minimum Gasteiger partial charge on any atom is -0.456 e. The molecule has 254 valence electrons. The lowest BCUT2D eigenvalue weighted by Gasteiger charge is -2.24. The zero-order chi connectivity index (χ0) is 35.8. The fourth-order valence-corrected chi connectivity index (χ4v) is 7.37. The lowest BCUT2D eigenvalue weighted by atomic mass is 9.81. The van der Waals surface area contributed by atoms with Crippen LogP contribution in [-0.2, 0) is 0 Å². The van der Waals surface area contributed by atoms with Gasteiger partial charge in [0.25, 0.3) is 0 Å². The summed E-state index contributed by atoms with van der Waals surface area (Å²) >= 11 is 0. The van der Waals surface area contributed by atoms with Crippen LogP contribution in [0.25, 0.3) is 83.3 Å². The van der Waals surface area contributed by atoms with Crippen LogP contribution in [0.1, 0.15) is 26.1 Å². The summed E-state index contributed by atoms with van der Waals surface area (Å²) in [6, 6.07) is 46.4. The summed E-state index contributed by atoms with van der Waals surface area (Å²) in [5.74, 6) is 1.94. The van der Waals surface area contributed by atoms with Crippen LogP contribution in [-0.4, -0.2) is 15.0 Å². The molecule has 0 radical (unpaired) electrons. The molecule has 9 rings (SSSR count). The molecule has 0 bridgehead atoms. The summed E-state index contributed by atoms with van der Waals surface area (Å²) in [5, 5.41) is 4.43. The number of para-hydroxylation sites is 1. The van der Waals surface area contributed by atoms with Gasteiger partial charge in [-0.1, -0.05) is 159 Å². The molecule has 4 nitrogen and oxygen atoms in total. The van der Waals surface area contributed by atoms with Crippen LogP contribution >= 0.6 is 0 Å². The average molecular weight is 684 g/mol. The predicted molar refractivity (Wildman–Crippen MR) is 220 cm³/mol. The first-order valence-corrected chi connectivity index (χ1v) is 18.1. The van der Waals surface area contributed by atoms with E-state index >= 15 is 0 Å². The Hall–Kier alpha value is -6.65. The van der Waals surface area contributed by atoms with Crippen LogP contribution in [0.3, 0.4) is 0 Å². The Balaban J connectivity index is 1.21. The maximum atomic E-state index is 6.28. The van der Waals surface area contributed by atoms with Gasteiger partial charge in [-0.3, -0.25) is 0 Å². The number of nitrogens with zero attached hydrogens (tertiary/aromatic N) is 3. The Bertz CT molecular complexity index is 2790. The van der Waals surface area contributed by atoms with Gasteiger partial charge in [0.15, 0.2) is 17.5 Å². The van der Waals surface area contributed by atoms with Crippen molar-refractivity contribution >= 4 is 38.3 Å². The van der Waals surface area contributed by atoms with Gasteiger partial charge in [-0.15, -0.1) is 0 Å². The molecule has 0 fully saturated rings. The van der Waals surface area contributed by atoms with E-state index < -0.39 is 0 Å². The summed E-state index contributed by atoms with van der Waals surface area (Å²) in [7, 11) is 0. The molecule has 8 aromatic rings. The Morgan fingerprint density at radius 1 is 0.566 bits per heavy atom. The molecule has 1 aliphatic rings. The average Bonchev–Trinajstić information content (AvgIpc) is 3.60. The van der Waals surface area contributed by atoms with Crippen molar-refractivity contribution in [3.05, 3.63) is 182 Å². The van der Waals surface area contributed by atoms with Gasteiger partial charge < -0.3 is 4.42 Å². The SMILES string of the molecule is C/C=C\C=C/C1(C)C=CC(c2nc(-c3cccc(-c4ccccc4)c3)nc(-c3ccc(-c4cccc5oc6ccccc6c45)c4ccccc34)n2)=CC1. The van der Waals surface area contributed by atoms with Gasteiger partial charge in [0.2, 0.25) is 0 Å². The molecule has 0 saturated heterocycles. The Morgan fingerprint density at radius 3 is 2.04 bits per heavy atom. The molecule has 0 saturated carbocycles. The quantitative estimate of drug-likeness (QED) is 0.157. The molecule has 0 aliphatic heterocycles. The first kappa shape index (κ1) is 32.3. The number of allylic oxidation sites excluding steroid dienone is 8. The van der Waals surface area contributed by atoms with Gasteiger partial charge in [-0.05, 0) is 70.6 Å². The fourth-order valence-electron chi connectivity index (χ4n) is 7.37. The Morgan fingerprint density at radius 2 is 1.23 bits per heavy atom. The standard InChI is InChI=1S/C49H37N3O/c1-3-4-12-29-49(2)30-27-34(28-31-49)46-50-47(36-18-13-17-35(32-36)33-15-6-5-7-16-33)52-48(51-46)41-26-25-39(37-19-8-9-20-38(37)41)40-22-14-24-44-45(40)42-21-10-11-23-43(42)53-44/h3-30,32H,31H2,1-2H3/b4-3-,29-12-. The Kier molecular flexibility index (Phi) is 8.21. The van der Waals surface area contributed by atoms with Gasteiger partial charge in [0.1, 0.15) is 11.2 Å². The highest BCUT2D eigenvalue weighted by Crippen LogP contribution is 2.42. The smallest absolute Gasteiger partial charge is 0.164 e. The fraction of sp³-hybridized carbons (Fsp3) is 0.0816. The van der Waals surface area contributed by atoms with Gasteiger partial charge >= 0.3 is 0 Å². The second-order valence-corrected chi connectivity index (χ2v) is 13.8. The molecule has 1 aliphatic carbocycles. The Labute approximate surface area is 309 Å². The largest absolute Gasteiger partial charge is 0.456 e. The van der Waals surface area contributed by atoms with Gasteiger partial charge in [0.05, 0.1) is 0 Å². The summed E-state index contributed by atoms with van der Waals surface area (Å²) in [5.41, 5.74) is 9.10. The molecule has 6 aromatic carbocycles. The van der Waals surface area contributed by atoms with E-state index in [0.717, 1.165) is 78.1 Å². The summed E-state index contributed by atoms with van der Waals surface area (Å²) < 4.78 is 6.28. The van der Waals surface area contributed by atoms with E-state index in [-0.39, 0.29) is 5.41 Å². The maximum absolute atomic E-state index is 6.28. The van der Waals surface area contributed by atoms with Gasteiger partial charge in [0, 0.05) is 32.9 Å². The zero-order valence-electron chi connectivity index (χ0n) is 29.7. The lowest BCUT2D eigenvalue weighted by Crippen LogP contribution is -2.12. The van der Waals surface area contributed by atoms with E-state index in [9.17, 15) is 0 Å². The molecule has 0 spiro atoms. The number of aromatic nitrogens is 3. The van der Waals surface area contributed by atoms with Crippen molar-refractivity contribution in [3.8, 4) is 45.0 Å². The van der Waals surface area contributed by atoms with E-state index in [1.54, 1.807) is 0 Å². The summed E-state index contributed by atoms with van der Waals surface area (Å²) in [4.78, 5) is 15.5. The van der Waals surface area contributed by atoms with Crippen molar-refractivity contribution in [1.82, 2.24) is 15.0 Å². The summed E-state index contributed by atoms with van der Waals surface area (Å²) in [6.45, 7) is 4.28. The highest BCUT2D eigenvalue weighted by Gasteiger charge is 2.23. The first-order valence-electron chi connectivity index (χ1n) is 18.1. The molecule has 4 heteroatoms. The molecule has 0 N–H and O–H groups in total. The molecular weight excluding hydrogens is 647 g/mol. The third-order valence-corrected chi connectivity index (χ3v) is 10.2. The van der Waals surface area contributed by atoms with Crippen LogP contribution in [0.15, 0.2) is 180 Å². The highest BCUT2D eigenvalue weighted by atomic mass is 16.3. The van der Waals surface area contributed by atoms with E-state index in [0.29, 0.717) is 17.5 Å². The normalized spacial score (nSPS) is 16.0. The number of furan rings is 1. The number of fused-ring (bicyclic) bond motifs is 4. The molecule has 53 heavy (non-hydrogen) atoms. The molecule has 1 unspecified atom stereocenters. The number of rotatable bonds is 7. The second-order valence-electron chi connectivity index (χ2n) is 13.8. The summed E-state index contributed by atoms with van der Waals surface area (Å²) in [6.07, 6.45) is 16.0. The molecule has 1 atom stereocenters. The topological polar surface area (TPSA) is 51.8 Å². The minimum atomic E-state index is -0.0824. The zero-order valence-corrected chi connectivity index (χ0v) is 29.7. The lowest BCUT2D eigenvalue weighted by molar-refractivity contribution is 0.558. The van der Waals surface area contributed by atoms with Crippen molar-refractivity contribution in [2.75, 3.05) is 0 Å². The van der Waals surface area contributed by atoms with E-state index in [1.165, 1.54) is 0 Å². The van der Waals surface area contributed by atoms with Crippen LogP contribution < -0.4 is 0 Å². The van der Waals surface area contributed by atoms with Crippen molar-refractivity contribution in [2.45, 2.75) is 20.3 Å². The van der Waals surface area contributed by atoms with Gasteiger partial charge in [-0.25, -0.2) is 15.0 Å². The van der Waals surface area contributed by atoms with Crippen molar-refractivity contribution in [3.63, 3.8) is 0 Å². The van der Waals surface area contributed by atoms with E-state index in [1.807, 2.05) is 37.3 Å². The van der Waals surface area contributed by atoms with E-state index in [4.69, 9.17) is 19.4 Å². The molecule has 2 heterocycles. The van der Waals surface area contributed by atoms with Crippen molar-refractivity contribution < 1.29 is 4.42 Å². The van der Waals surface area contributed by atoms with Crippen LogP contribution in [0.2, 0.25) is 0 Å². The molecule has 2 aromatic heterocycles. The van der Waals surface area contributed by atoms with Crippen LogP contribution in [0.4, 0.5) is 0 Å². The minimum absolute atomic E-state index is 0.0824. The maximum Gasteiger partial charge on any atom is 0.164 e. The van der Waals surface area contributed by atoms with Crippen molar-refractivity contribution in [2.24, 2.45) is 5.41 Å². The van der Waals surface area contributed by atoms with Crippen LogP contribution in [0.5, 0.6) is 0 Å². The number of hydrogen-bond donors (Lipinski definition) is 0. The van der Waals surface area contributed by atoms with Gasteiger partial charge in [-0.2, -0.15) is 0 Å². The monoisotopic (exact) mass is 683 g/mol. The van der Waals surface area contributed by atoms with Crippen LogP contribution in [0, 0.1) is 5.41 Å². The molecular formula is C49H37N3O. The van der Waals surface area contributed by atoms with Crippen molar-refractivity contribution in [1.29, 1.82) is 0 Å². The molecule has 0 amide bonds. The third kappa shape index (κ3) is 6.08. The second kappa shape index (κ2) is 13.5.